The zero-order valence-corrected chi connectivity index (χ0v) is 27.0. The fourth-order valence-corrected chi connectivity index (χ4v) is 5.02. The highest BCUT2D eigenvalue weighted by Crippen LogP contribution is 2.31. The first-order chi connectivity index (χ1) is 22.8. The van der Waals surface area contributed by atoms with Crippen LogP contribution in [-0.4, -0.2) is 68.2 Å². The number of carbonyl (C=O) groups excluding carboxylic acids is 3. The fraction of sp³-hybridized carbons (Fsp3) is 0.189. The molecule has 1 amide bonds. The summed E-state index contributed by atoms with van der Waals surface area (Å²) in [4.78, 5) is 32.6. The number of carbonyl (C=O) groups is 3. The van der Waals surface area contributed by atoms with Gasteiger partial charge in [0.15, 0.2) is 11.9 Å². The van der Waals surface area contributed by atoms with Gasteiger partial charge < -0.3 is 29.4 Å². The predicted molar refractivity (Wildman–Crippen MR) is 184 cm³/mol. The van der Waals surface area contributed by atoms with E-state index in [0.717, 1.165) is 38.8 Å². The van der Waals surface area contributed by atoms with E-state index in [1.165, 1.54) is 19.5 Å². The molecule has 1 aliphatic heterocycles. The summed E-state index contributed by atoms with van der Waals surface area (Å²) < 4.78 is 18.4. The van der Waals surface area contributed by atoms with E-state index in [9.17, 15) is 9.59 Å². The Labute approximate surface area is 273 Å². The van der Waals surface area contributed by atoms with Crippen LogP contribution in [0.2, 0.25) is 0 Å². The highest BCUT2D eigenvalue weighted by Gasteiger charge is 2.22. The van der Waals surface area contributed by atoms with Crippen molar-refractivity contribution in [2.24, 2.45) is 0 Å². The number of methoxy groups -OCH3 is 1. The van der Waals surface area contributed by atoms with Crippen LogP contribution in [0.4, 0.5) is 10.5 Å². The van der Waals surface area contributed by atoms with Gasteiger partial charge in [0.2, 0.25) is 5.69 Å². The summed E-state index contributed by atoms with van der Waals surface area (Å²) in [5.74, 6) is 0.245. The Kier molecular flexibility index (Phi) is 12.0. The Bertz CT molecular complexity index is 1910. The van der Waals surface area contributed by atoms with Crippen molar-refractivity contribution in [1.82, 2.24) is 15.2 Å². The fourth-order valence-electron chi connectivity index (χ4n) is 5.02. The smallest absolute Gasteiger partial charge is 0.412 e. The Morgan fingerprint density at radius 1 is 0.957 bits per heavy atom. The molecule has 10 nitrogen and oxygen atoms in total. The van der Waals surface area contributed by atoms with Crippen molar-refractivity contribution in [2.45, 2.75) is 13.5 Å². The third-order valence-electron chi connectivity index (χ3n) is 7.21. The number of likely N-dealkylation sites (N-methyl/N-ethyl adjacent to an activating group) is 1. The summed E-state index contributed by atoms with van der Waals surface area (Å²) in [5, 5.41) is 8.71. The van der Waals surface area contributed by atoms with Crippen molar-refractivity contribution in [3.63, 3.8) is 0 Å². The minimum atomic E-state index is -0.448. The van der Waals surface area contributed by atoms with E-state index in [0.29, 0.717) is 37.6 Å². The van der Waals surface area contributed by atoms with Crippen LogP contribution >= 0.6 is 0 Å². The largest absolute Gasteiger partial charge is 0.471 e. The monoisotopic (exact) mass is 635 g/mol. The SMILES string of the molecule is C=C(C)[N+]1=Cc2ccc3cc(C(=O)OCCNC)n(c3c2)Cc2cc1cc1ccccc21.CNC(=O)Oc1ccccc1.COC=O. The number of allylic oxidation sites excluding steroid dienone is 1. The first kappa shape index (κ1) is 34.1. The van der Waals surface area contributed by atoms with Gasteiger partial charge in [-0.1, -0.05) is 48.5 Å². The van der Waals surface area contributed by atoms with Crippen LogP contribution in [0.25, 0.3) is 21.7 Å². The molecule has 0 atom stereocenters. The number of benzene rings is 4. The van der Waals surface area contributed by atoms with Crippen LogP contribution in [0.3, 0.4) is 0 Å². The molecule has 0 aliphatic carbocycles. The molecule has 1 aliphatic rings. The number of nitrogens with zero attached hydrogens (tertiary/aromatic N) is 2. The first-order valence-corrected chi connectivity index (χ1v) is 15.0. The number of para-hydroxylation sites is 1. The first-order valence-electron chi connectivity index (χ1n) is 15.0. The van der Waals surface area contributed by atoms with Gasteiger partial charge in [-0.3, -0.25) is 4.79 Å². The Hall–Kier alpha value is -5.74. The molecule has 0 radical (unpaired) electrons. The predicted octanol–water partition coefficient (Wildman–Crippen LogP) is 6.02. The molecule has 0 saturated carbocycles. The summed E-state index contributed by atoms with van der Waals surface area (Å²) in [6.45, 7) is 8.11. The van der Waals surface area contributed by atoms with Crippen LogP contribution in [0.1, 0.15) is 28.5 Å². The Balaban J connectivity index is 0.000000278. The molecule has 10 heteroatoms. The number of hydrogen-bond donors (Lipinski definition) is 2. The maximum atomic E-state index is 13.0. The lowest BCUT2D eigenvalue weighted by atomic mass is 10.0. The van der Waals surface area contributed by atoms with Gasteiger partial charge in [-0.2, -0.15) is 4.58 Å². The minimum absolute atomic E-state index is 0.303. The number of amides is 1. The number of hydrogen-bond acceptors (Lipinski definition) is 7. The molecule has 0 unspecified atom stereocenters. The quantitative estimate of drug-likeness (QED) is 0.0974. The number of nitrogens with one attached hydrogen (secondary N) is 2. The summed E-state index contributed by atoms with van der Waals surface area (Å²) in [5.41, 5.74) is 5.77. The topological polar surface area (TPSA) is 111 Å². The van der Waals surface area contributed by atoms with Crippen molar-refractivity contribution in [3.8, 4) is 5.75 Å². The molecule has 0 spiro atoms. The van der Waals surface area contributed by atoms with Crippen LogP contribution in [0.5, 0.6) is 5.75 Å². The zero-order chi connectivity index (χ0) is 33.8. The highest BCUT2D eigenvalue weighted by molar-refractivity contribution is 5.98. The van der Waals surface area contributed by atoms with Crippen molar-refractivity contribution in [2.75, 3.05) is 34.4 Å². The van der Waals surface area contributed by atoms with E-state index in [2.05, 4.69) is 91.9 Å². The highest BCUT2D eigenvalue weighted by atomic mass is 16.6. The van der Waals surface area contributed by atoms with Crippen molar-refractivity contribution >= 4 is 52.1 Å². The molecule has 5 aromatic rings. The van der Waals surface area contributed by atoms with Crippen molar-refractivity contribution in [3.05, 3.63) is 120 Å². The second-order valence-corrected chi connectivity index (χ2v) is 10.5. The van der Waals surface area contributed by atoms with Crippen LogP contribution in [0, 0.1) is 0 Å². The van der Waals surface area contributed by atoms with E-state index in [4.69, 9.17) is 14.3 Å². The summed E-state index contributed by atoms with van der Waals surface area (Å²) >= 11 is 0. The van der Waals surface area contributed by atoms with Crippen molar-refractivity contribution in [1.29, 1.82) is 0 Å². The molecular weight excluding hydrogens is 596 g/mol. The third kappa shape index (κ3) is 8.71. The van der Waals surface area contributed by atoms with Gasteiger partial charge in [0.1, 0.15) is 18.1 Å². The van der Waals surface area contributed by atoms with Crippen molar-refractivity contribution < 1.29 is 33.2 Å². The van der Waals surface area contributed by atoms with E-state index < -0.39 is 6.09 Å². The second-order valence-electron chi connectivity index (χ2n) is 10.5. The lowest BCUT2D eigenvalue weighted by molar-refractivity contribution is -0.376. The second kappa shape index (κ2) is 16.5. The van der Waals surface area contributed by atoms with E-state index in [1.54, 1.807) is 24.3 Å². The third-order valence-corrected chi connectivity index (χ3v) is 7.21. The molecule has 2 N–H and O–H groups in total. The van der Waals surface area contributed by atoms with Crippen LogP contribution in [-0.2, 0) is 20.8 Å². The van der Waals surface area contributed by atoms with Gasteiger partial charge >= 0.3 is 12.1 Å². The molecule has 2 heterocycles. The standard InChI is InChI=1S/C27H26N3O2.C8H9NO2.C2H4O2/c1-18(2)29-16-19-8-9-21-15-26(27(31)32-11-10-28-3)30(25(21)12-19)17-22-14-23(29)13-20-6-4-5-7-24(20)22;1-9-8(10)11-7-5-3-2-4-6-7;1-4-2-3/h4-9,12-16,28H,1,10-11,17H2,2-3H3;2-6H,1H3,(H,9,10);2H,1H3/q+1;;. The molecule has 4 bridgehead atoms. The molecule has 242 valence electrons. The lowest BCUT2D eigenvalue weighted by Gasteiger charge is -2.15. The van der Waals surface area contributed by atoms with Crippen LogP contribution < -0.4 is 15.4 Å². The normalized spacial score (nSPS) is 11.2. The number of ether oxygens (including phenoxy) is 3. The van der Waals surface area contributed by atoms with E-state index in [-0.39, 0.29) is 5.97 Å². The van der Waals surface area contributed by atoms with Gasteiger partial charge in [0.05, 0.1) is 7.11 Å². The summed E-state index contributed by atoms with van der Waals surface area (Å²) in [7, 11) is 4.67. The molecule has 47 heavy (non-hydrogen) atoms. The average molecular weight is 636 g/mol. The lowest BCUT2D eigenvalue weighted by Crippen LogP contribution is -2.21. The molecular formula is C37H39N4O6+. The average Bonchev–Trinajstić information content (AvgIpc) is 3.45. The number of esters is 1. The van der Waals surface area contributed by atoms with Gasteiger partial charge in [-0.05, 0) is 60.3 Å². The molecule has 0 saturated heterocycles. The minimum Gasteiger partial charge on any atom is -0.471 e. The maximum absolute atomic E-state index is 13.0. The molecule has 4 aromatic carbocycles. The molecule has 0 fully saturated rings. The van der Waals surface area contributed by atoms with E-state index >= 15 is 0 Å². The number of fused-ring (bicyclic) bond motifs is 5. The maximum Gasteiger partial charge on any atom is 0.412 e. The Morgan fingerprint density at radius 2 is 1.68 bits per heavy atom. The van der Waals surface area contributed by atoms with Gasteiger partial charge in [-0.25, -0.2) is 9.59 Å². The molecule has 1 aromatic heterocycles. The van der Waals surface area contributed by atoms with E-state index in [1.807, 2.05) is 26.1 Å². The summed E-state index contributed by atoms with van der Waals surface area (Å²) in [6, 6.07) is 29.8. The Morgan fingerprint density at radius 3 is 2.36 bits per heavy atom. The number of aromatic nitrogens is 1. The summed E-state index contributed by atoms with van der Waals surface area (Å²) in [6.07, 6.45) is 1.65. The van der Waals surface area contributed by atoms with Gasteiger partial charge in [0, 0.05) is 55.7 Å². The van der Waals surface area contributed by atoms with Gasteiger partial charge in [0.25, 0.3) is 6.47 Å². The van der Waals surface area contributed by atoms with Crippen LogP contribution in [0.15, 0.2) is 103 Å². The van der Waals surface area contributed by atoms with Gasteiger partial charge in [-0.15, -0.1) is 0 Å². The zero-order valence-electron chi connectivity index (χ0n) is 27.0. The molecule has 6 rings (SSSR count). The number of rotatable bonds is 7.